The highest BCUT2D eigenvalue weighted by Crippen LogP contribution is 2.31. The molecule has 0 spiro atoms. The number of carbonyl (C=O) groups excluding carboxylic acids is 1. The molecule has 4 aromatic heterocycles. The Morgan fingerprint density at radius 1 is 1.19 bits per heavy atom. The molecule has 0 unspecified atom stereocenters. The summed E-state index contributed by atoms with van der Waals surface area (Å²) < 4.78 is 1.63. The summed E-state index contributed by atoms with van der Waals surface area (Å²) in [6, 6.07) is 9.89. The summed E-state index contributed by atoms with van der Waals surface area (Å²) in [4.78, 5) is 20.5. The van der Waals surface area contributed by atoms with E-state index in [9.17, 15) is 4.79 Å². The van der Waals surface area contributed by atoms with Crippen molar-refractivity contribution in [2.75, 3.05) is 0 Å². The van der Waals surface area contributed by atoms with Crippen LogP contribution < -0.4 is 5.32 Å². The lowest BCUT2D eigenvalue weighted by atomic mass is 10.3. The number of nitrogens with zero attached hydrogens (tertiary/aromatic N) is 3. The van der Waals surface area contributed by atoms with Gasteiger partial charge in [-0.3, -0.25) is 9.48 Å². The van der Waals surface area contributed by atoms with Gasteiger partial charge in [-0.1, -0.05) is 12.1 Å². The molecule has 4 rings (SSSR count). The Morgan fingerprint density at radius 2 is 1.92 bits per heavy atom. The van der Waals surface area contributed by atoms with Crippen molar-refractivity contribution in [1.29, 1.82) is 0 Å². The molecule has 5 nitrogen and oxygen atoms in total. The summed E-state index contributed by atoms with van der Waals surface area (Å²) in [5.74, 6) is -0.131. The first-order valence-corrected chi connectivity index (χ1v) is 10.6. The van der Waals surface area contributed by atoms with Crippen molar-refractivity contribution in [2.45, 2.75) is 13.5 Å². The zero-order valence-electron chi connectivity index (χ0n) is 14.2. The molecule has 0 fully saturated rings. The normalized spacial score (nSPS) is 11.0. The molecular weight excluding hydrogens is 384 g/mol. The number of thiophene rings is 2. The van der Waals surface area contributed by atoms with Crippen molar-refractivity contribution in [3.05, 3.63) is 57.4 Å². The minimum absolute atomic E-state index is 0.131. The minimum Gasteiger partial charge on any atom is -0.346 e. The Hall–Kier alpha value is -2.29. The Balaban J connectivity index is 1.48. The van der Waals surface area contributed by atoms with E-state index < -0.39 is 0 Å². The van der Waals surface area contributed by atoms with Crippen molar-refractivity contribution in [3.63, 3.8) is 0 Å². The number of amides is 1. The zero-order chi connectivity index (χ0) is 18.1. The monoisotopic (exact) mass is 400 g/mol. The van der Waals surface area contributed by atoms with Gasteiger partial charge < -0.3 is 5.32 Å². The molecular formula is C18H16N4OS3. The van der Waals surface area contributed by atoms with Gasteiger partial charge in [-0.15, -0.1) is 34.0 Å². The summed E-state index contributed by atoms with van der Waals surface area (Å²) >= 11 is 4.91. The average molecular weight is 401 g/mol. The number of aryl methyl sites for hydroxylation is 2. The van der Waals surface area contributed by atoms with Crippen LogP contribution in [0.5, 0.6) is 0 Å². The Morgan fingerprint density at radius 3 is 2.62 bits per heavy atom. The second-order valence-electron chi connectivity index (χ2n) is 5.70. The Labute approximate surface area is 163 Å². The Kier molecular flexibility index (Phi) is 4.71. The van der Waals surface area contributed by atoms with Crippen LogP contribution in [0.3, 0.4) is 0 Å². The van der Waals surface area contributed by atoms with E-state index in [2.05, 4.69) is 21.5 Å². The molecule has 0 aliphatic carbocycles. The van der Waals surface area contributed by atoms with Crippen LogP contribution in [0.4, 0.5) is 0 Å². The molecule has 0 aliphatic rings. The summed E-state index contributed by atoms with van der Waals surface area (Å²) in [5, 5.41) is 12.5. The third kappa shape index (κ3) is 3.35. The minimum atomic E-state index is -0.131. The van der Waals surface area contributed by atoms with E-state index in [1.165, 1.54) is 0 Å². The van der Waals surface area contributed by atoms with Gasteiger partial charge in [0, 0.05) is 11.9 Å². The highest BCUT2D eigenvalue weighted by atomic mass is 32.1. The highest BCUT2D eigenvalue weighted by Gasteiger charge is 2.16. The lowest BCUT2D eigenvalue weighted by molar-refractivity contribution is 0.0942. The summed E-state index contributed by atoms with van der Waals surface area (Å²) in [6.45, 7) is 2.45. The smallest absolute Gasteiger partial charge is 0.269 e. The van der Waals surface area contributed by atoms with Gasteiger partial charge in [-0.25, -0.2) is 4.98 Å². The Bertz CT molecular complexity index is 1030. The van der Waals surface area contributed by atoms with E-state index in [1.54, 1.807) is 45.7 Å². The largest absolute Gasteiger partial charge is 0.346 e. The fourth-order valence-corrected chi connectivity index (χ4v) is 5.05. The standard InChI is InChI=1S/C18H16N4OS3/c1-11-16(26-18(20-11)15-6-4-8-25-15)10-19-17(23)13-9-12(21-22(13)2)14-5-3-7-24-14/h3-9H,10H2,1-2H3,(H,19,23). The fourth-order valence-electron chi connectivity index (χ4n) is 2.57. The number of hydrogen-bond acceptors (Lipinski definition) is 6. The van der Waals surface area contributed by atoms with E-state index in [0.717, 1.165) is 31.0 Å². The molecule has 132 valence electrons. The number of carbonyl (C=O) groups is 1. The number of hydrogen-bond donors (Lipinski definition) is 1. The first kappa shape index (κ1) is 17.1. The van der Waals surface area contributed by atoms with Gasteiger partial charge in [0.1, 0.15) is 16.4 Å². The number of aromatic nitrogens is 3. The molecule has 4 aromatic rings. The molecule has 0 aromatic carbocycles. The van der Waals surface area contributed by atoms with E-state index >= 15 is 0 Å². The fraction of sp³-hybridized carbons (Fsp3) is 0.167. The zero-order valence-corrected chi connectivity index (χ0v) is 16.7. The molecule has 1 N–H and O–H groups in total. The molecule has 0 bridgehead atoms. The van der Waals surface area contributed by atoms with Gasteiger partial charge in [-0.05, 0) is 35.9 Å². The molecule has 1 amide bonds. The van der Waals surface area contributed by atoms with Gasteiger partial charge in [-0.2, -0.15) is 5.10 Å². The number of nitrogens with one attached hydrogen (secondary N) is 1. The van der Waals surface area contributed by atoms with Crippen LogP contribution in [0.1, 0.15) is 21.1 Å². The average Bonchev–Trinajstić information content (AvgIpc) is 3.39. The van der Waals surface area contributed by atoms with Crippen molar-refractivity contribution >= 4 is 39.9 Å². The predicted molar refractivity (Wildman–Crippen MR) is 108 cm³/mol. The molecule has 0 atom stereocenters. The predicted octanol–water partition coefficient (Wildman–Crippen LogP) is 4.57. The third-order valence-corrected chi connectivity index (χ3v) is 7.01. The van der Waals surface area contributed by atoms with Crippen LogP contribution in [0.2, 0.25) is 0 Å². The van der Waals surface area contributed by atoms with Gasteiger partial charge >= 0.3 is 0 Å². The lowest BCUT2D eigenvalue weighted by Gasteiger charge is -2.04. The van der Waals surface area contributed by atoms with Crippen molar-refractivity contribution in [2.24, 2.45) is 7.05 Å². The molecule has 0 aliphatic heterocycles. The second-order valence-corrected chi connectivity index (χ2v) is 8.68. The summed E-state index contributed by atoms with van der Waals surface area (Å²) in [5.41, 5.74) is 2.33. The highest BCUT2D eigenvalue weighted by molar-refractivity contribution is 7.21. The molecule has 26 heavy (non-hydrogen) atoms. The van der Waals surface area contributed by atoms with Gasteiger partial charge in [0.2, 0.25) is 0 Å². The SMILES string of the molecule is Cc1nc(-c2cccs2)sc1CNC(=O)c1cc(-c2cccs2)nn1C. The van der Waals surface area contributed by atoms with Crippen molar-refractivity contribution in [3.8, 4) is 20.5 Å². The van der Waals surface area contributed by atoms with Gasteiger partial charge in [0.15, 0.2) is 0 Å². The maximum Gasteiger partial charge on any atom is 0.269 e. The van der Waals surface area contributed by atoms with Gasteiger partial charge in [0.05, 0.1) is 22.0 Å². The van der Waals surface area contributed by atoms with Crippen LogP contribution in [0.25, 0.3) is 20.5 Å². The number of rotatable bonds is 5. The molecule has 0 radical (unpaired) electrons. The topological polar surface area (TPSA) is 59.8 Å². The van der Waals surface area contributed by atoms with Crippen molar-refractivity contribution < 1.29 is 4.79 Å². The molecule has 0 saturated carbocycles. The van der Waals surface area contributed by atoms with Gasteiger partial charge in [0.25, 0.3) is 5.91 Å². The first-order valence-electron chi connectivity index (χ1n) is 7.98. The quantitative estimate of drug-likeness (QED) is 0.534. The molecule has 4 heterocycles. The van der Waals surface area contributed by atoms with E-state index in [0.29, 0.717) is 12.2 Å². The van der Waals surface area contributed by atoms with Crippen LogP contribution in [-0.4, -0.2) is 20.7 Å². The number of thiazole rings is 1. The van der Waals surface area contributed by atoms with E-state index in [-0.39, 0.29) is 5.91 Å². The van der Waals surface area contributed by atoms with E-state index in [4.69, 9.17) is 0 Å². The van der Waals surface area contributed by atoms with Crippen LogP contribution in [-0.2, 0) is 13.6 Å². The van der Waals surface area contributed by atoms with Crippen LogP contribution in [0, 0.1) is 6.92 Å². The summed E-state index contributed by atoms with van der Waals surface area (Å²) in [7, 11) is 1.79. The maximum atomic E-state index is 12.6. The molecule has 0 saturated heterocycles. The first-order chi connectivity index (χ1) is 12.6. The lowest BCUT2D eigenvalue weighted by Crippen LogP contribution is -2.25. The van der Waals surface area contributed by atoms with E-state index in [1.807, 2.05) is 41.9 Å². The second kappa shape index (κ2) is 7.14. The third-order valence-electron chi connectivity index (χ3n) is 3.92. The van der Waals surface area contributed by atoms with Crippen LogP contribution >= 0.6 is 34.0 Å². The maximum absolute atomic E-state index is 12.6. The van der Waals surface area contributed by atoms with Crippen LogP contribution in [0.15, 0.2) is 41.1 Å². The molecule has 8 heteroatoms. The summed E-state index contributed by atoms with van der Waals surface area (Å²) in [6.07, 6.45) is 0. The van der Waals surface area contributed by atoms with Crippen molar-refractivity contribution in [1.82, 2.24) is 20.1 Å².